The number of hydrogen-bond acceptors (Lipinski definition) is 6. The number of likely N-dealkylation sites (N-methyl/N-ethyl adjacent to an activating group) is 1. The van der Waals surface area contributed by atoms with E-state index in [1.54, 1.807) is 18.3 Å². The van der Waals surface area contributed by atoms with Crippen molar-refractivity contribution in [1.29, 1.82) is 5.26 Å². The predicted molar refractivity (Wildman–Crippen MR) is 96.5 cm³/mol. The van der Waals surface area contributed by atoms with Gasteiger partial charge >= 0.3 is 0 Å². The Kier molecular flexibility index (Phi) is 5.81. The van der Waals surface area contributed by atoms with Gasteiger partial charge in [0.15, 0.2) is 5.82 Å². The number of nitriles is 1. The molecule has 0 radical (unpaired) electrons. The fourth-order valence-corrected chi connectivity index (χ4v) is 3.17. The summed E-state index contributed by atoms with van der Waals surface area (Å²) in [5.74, 6) is 1.77. The van der Waals surface area contributed by atoms with Gasteiger partial charge in [-0.2, -0.15) is 10.4 Å². The molecule has 1 aliphatic rings. The van der Waals surface area contributed by atoms with Gasteiger partial charge in [0.1, 0.15) is 12.4 Å². The second-order valence-corrected chi connectivity index (χ2v) is 6.32. The predicted octanol–water partition coefficient (Wildman–Crippen LogP) is 2.33. The Morgan fingerprint density at radius 1 is 1.32 bits per heavy atom. The van der Waals surface area contributed by atoms with E-state index < -0.39 is 0 Å². The van der Waals surface area contributed by atoms with Crippen LogP contribution in [0.15, 0.2) is 42.6 Å². The van der Waals surface area contributed by atoms with Crippen molar-refractivity contribution >= 4 is 5.82 Å². The molecule has 6 nitrogen and oxygen atoms in total. The molecule has 130 valence electrons. The molecule has 6 heteroatoms. The molecule has 2 heterocycles. The Hall–Kier alpha value is -2.65. The van der Waals surface area contributed by atoms with Gasteiger partial charge in [0, 0.05) is 31.9 Å². The van der Waals surface area contributed by atoms with E-state index in [-0.39, 0.29) is 0 Å². The highest BCUT2D eigenvalue weighted by molar-refractivity contribution is 5.39. The fourth-order valence-electron chi connectivity index (χ4n) is 3.17. The third-order valence-corrected chi connectivity index (χ3v) is 4.48. The van der Waals surface area contributed by atoms with Crippen LogP contribution in [0.3, 0.4) is 0 Å². The lowest BCUT2D eigenvalue weighted by Gasteiger charge is -2.29. The SMILES string of the molecule is CN(CCOc1ccc(C#N)cc1)C[C@H]1CCCN1c1cccnn1. The second-order valence-electron chi connectivity index (χ2n) is 6.32. The summed E-state index contributed by atoms with van der Waals surface area (Å²) in [7, 11) is 2.12. The van der Waals surface area contributed by atoms with Gasteiger partial charge in [-0.05, 0) is 56.3 Å². The van der Waals surface area contributed by atoms with E-state index in [4.69, 9.17) is 10.00 Å². The van der Waals surface area contributed by atoms with E-state index in [2.05, 4.69) is 33.1 Å². The number of rotatable bonds is 7. The highest BCUT2D eigenvalue weighted by Gasteiger charge is 2.26. The summed E-state index contributed by atoms with van der Waals surface area (Å²) in [6.07, 6.45) is 4.08. The molecule has 3 rings (SSSR count). The summed E-state index contributed by atoms with van der Waals surface area (Å²) >= 11 is 0. The molecule has 1 fully saturated rings. The minimum atomic E-state index is 0.469. The number of aromatic nitrogens is 2. The molecule has 1 saturated heterocycles. The van der Waals surface area contributed by atoms with Gasteiger partial charge in [0.05, 0.1) is 11.6 Å². The normalized spacial score (nSPS) is 16.8. The smallest absolute Gasteiger partial charge is 0.151 e. The summed E-state index contributed by atoms with van der Waals surface area (Å²) in [5.41, 5.74) is 0.648. The van der Waals surface area contributed by atoms with Gasteiger partial charge in [-0.15, -0.1) is 5.10 Å². The molecule has 1 aromatic carbocycles. The lowest BCUT2D eigenvalue weighted by atomic mass is 10.2. The summed E-state index contributed by atoms with van der Waals surface area (Å²) in [6, 6.07) is 13.8. The van der Waals surface area contributed by atoms with Gasteiger partial charge in [0.25, 0.3) is 0 Å². The molecule has 2 aromatic rings. The van der Waals surface area contributed by atoms with Crippen molar-refractivity contribution in [1.82, 2.24) is 15.1 Å². The lowest BCUT2D eigenvalue weighted by molar-refractivity contribution is 0.229. The number of ether oxygens (including phenoxy) is 1. The third-order valence-electron chi connectivity index (χ3n) is 4.48. The topological polar surface area (TPSA) is 65.3 Å². The first-order chi connectivity index (χ1) is 12.3. The highest BCUT2D eigenvalue weighted by Crippen LogP contribution is 2.23. The summed E-state index contributed by atoms with van der Waals surface area (Å²) in [5, 5.41) is 17.0. The minimum Gasteiger partial charge on any atom is -0.492 e. The van der Waals surface area contributed by atoms with Crippen molar-refractivity contribution in [2.75, 3.05) is 38.2 Å². The zero-order valence-corrected chi connectivity index (χ0v) is 14.5. The van der Waals surface area contributed by atoms with Crippen LogP contribution in [0.1, 0.15) is 18.4 Å². The van der Waals surface area contributed by atoms with Crippen LogP contribution in [0.2, 0.25) is 0 Å². The third kappa shape index (κ3) is 4.68. The molecular formula is C19H23N5O. The van der Waals surface area contributed by atoms with Crippen molar-refractivity contribution in [3.63, 3.8) is 0 Å². The maximum Gasteiger partial charge on any atom is 0.151 e. The Bertz CT molecular complexity index is 698. The van der Waals surface area contributed by atoms with Gasteiger partial charge in [0.2, 0.25) is 0 Å². The molecule has 0 spiro atoms. The zero-order chi connectivity index (χ0) is 17.5. The number of nitrogens with zero attached hydrogens (tertiary/aromatic N) is 5. The van der Waals surface area contributed by atoms with Crippen molar-refractivity contribution < 1.29 is 4.74 Å². The number of benzene rings is 1. The van der Waals surface area contributed by atoms with Crippen LogP contribution in [0.5, 0.6) is 5.75 Å². The van der Waals surface area contributed by atoms with Crippen LogP contribution < -0.4 is 9.64 Å². The van der Waals surface area contributed by atoms with Crippen LogP contribution in [0.4, 0.5) is 5.82 Å². The first kappa shape index (κ1) is 17.2. The van der Waals surface area contributed by atoms with E-state index in [1.807, 2.05) is 24.3 Å². The van der Waals surface area contributed by atoms with E-state index in [0.29, 0.717) is 18.2 Å². The molecule has 25 heavy (non-hydrogen) atoms. The van der Waals surface area contributed by atoms with Gasteiger partial charge in [-0.3, -0.25) is 0 Å². The first-order valence-corrected chi connectivity index (χ1v) is 8.62. The quantitative estimate of drug-likeness (QED) is 0.772. The number of anilines is 1. The summed E-state index contributed by atoms with van der Waals surface area (Å²) in [6.45, 7) is 3.50. The molecule has 0 aliphatic carbocycles. The Balaban J connectivity index is 1.45. The first-order valence-electron chi connectivity index (χ1n) is 8.62. The minimum absolute atomic E-state index is 0.469. The molecule has 0 N–H and O–H groups in total. The molecule has 1 aromatic heterocycles. The second kappa shape index (κ2) is 8.45. The van der Waals surface area contributed by atoms with Crippen LogP contribution in [0, 0.1) is 11.3 Å². The van der Waals surface area contributed by atoms with Crippen LogP contribution in [-0.2, 0) is 0 Å². The van der Waals surface area contributed by atoms with Crippen molar-refractivity contribution in [3.05, 3.63) is 48.2 Å². The highest BCUT2D eigenvalue weighted by atomic mass is 16.5. The molecule has 0 saturated carbocycles. The molecule has 0 bridgehead atoms. The maximum absolute atomic E-state index is 8.81. The van der Waals surface area contributed by atoms with Crippen molar-refractivity contribution in [2.45, 2.75) is 18.9 Å². The van der Waals surface area contributed by atoms with Crippen molar-refractivity contribution in [3.8, 4) is 11.8 Å². The molecular weight excluding hydrogens is 314 g/mol. The van der Waals surface area contributed by atoms with E-state index in [9.17, 15) is 0 Å². The fraction of sp³-hybridized carbons (Fsp3) is 0.421. The maximum atomic E-state index is 8.81. The molecule has 0 unspecified atom stereocenters. The van der Waals surface area contributed by atoms with Crippen LogP contribution >= 0.6 is 0 Å². The Labute approximate surface area is 148 Å². The zero-order valence-electron chi connectivity index (χ0n) is 14.5. The largest absolute Gasteiger partial charge is 0.492 e. The molecule has 1 aliphatic heterocycles. The average molecular weight is 337 g/mol. The lowest BCUT2D eigenvalue weighted by Crippen LogP contribution is -2.40. The van der Waals surface area contributed by atoms with E-state index >= 15 is 0 Å². The monoisotopic (exact) mass is 337 g/mol. The standard InChI is InChI=1S/C19H23N5O/c1-23(12-13-25-18-8-6-16(14-20)7-9-18)15-17-4-3-11-24(17)19-5-2-10-21-22-19/h2,5-10,17H,3-4,11-13,15H2,1H3/t17-/m1/s1. The van der Waals surface area contributed by atoms with Gasteiger partial charge in [-0.25, -0.2) is 0 Å². The van der Waals surface area contributed by atoms with E-state index in [1.165, 1.54) is 12.8 Å². The molecule has 0 amide bonds. The Morgan fingerprint density at radius 3 is 2.88 bits per heavy atom. The Morgan fingerprint density at radius 2 is 2.16 bits per heavy atom. The molecule has 1 atom stereocenters. The van der Waals surface area contributed by atoms with Gasteiger partial charge < -0.3 is 14.5 Å². The van der Waals surface area contributed by atoms with Crippen molar-refractivity contribution in [2.24, 2.45) is 0 Å². The summed E-state index contributed by atoms with van der Waals surface area (Å²) in [4.78, 5) is 4.65. The van der Waals surface area contributed by atoms with Crippen LogP contribution in [0.25, 0.3) is 0 Å². The van der Waals surface area contributed by atoms with E-state index in [0.717, 1.165) is 31.2 Å². The number of hydrogen-bond donors (Lipinski definition) is 0. The summed E-state index contributed by atoms with van der Waals surface area (Å²) < 4.78 is 5.77. The van der Waals surface area contributed by atoms with Crippen LogP contribution in [-0.4, -0.2) is 54.4 Å². The van der Waals surface area contributed by atoms with Gasteiger partial charge in [-0.1, -0.05) is 0 Å². The average Bonchev–Trinajstić information content (AvgIpc) is 3.11.